The zero-order valence-electron chi connectivity index (χ0n) is 13.2. The number of carbonyl (C=O) groups excluding carboxylic acids is 2. The average Bonchev–Trinajstić information content (AvgIpc) is 2.61. The number of hydrazone groups is 1. The molecule has 0 spiro atoms. The second-order valence-corrected chi connectivity index (χ2v) is 4.96. The van der Waals surface area contributed by atoms with Crippen LogP contribution in [0, 0.1) is 15.9 Å². The zero-order chi connectivity index (χ0) is 19.1. The van der Waals surface area contributed by atoms with Gasteiger partial charge in [0.05, 0.1) is 23.2 Å². The smallest absolute Gasteiger partial charge is 0.311 e. The molecule has 0 saturated heterocycles. The molecular weight excluding hydrogens is 347 g/mol. The SMILES string of the molecule is O=C(CNC(=O)c1ccccc1F)N/N=C\c1ccc(O)c([N+](=O)[O-])c1. The van der Waals surface area contributed by atoms with E-state index in [9.17, 15) is 29.2 Å². The molecule has 0 saturated carbocycles. The number of phenolic OH excluding ortho intramolecular Hbond substituents is 1. The van der Waals surface area contributed by atoms with Crippen molar-refractivity contribution in [3.05, 3.63) is 69.5 Å². The molecular formula is C16H13FN4O5. The Morgan fingerprint density at radius 1 is 1.27 bits per heavy atom. The first-order valence-corrected chi connectivity index (χ1v) is 7.20. The topological polar surface area (TPSA) is 134 Å². The second kappa shape index (κ2) is 8.33. The van der Waals surface area contributed by atoms with Crippen LogP contribution in [-0.2, 0) is 4.79 Å². The Morgan fingerprint density at radius 3 is 2.69 bits per heavy atom. The summed E-state index contributed by atoms with van der Waals surface area (Å²) in [5, 5.41) is 25.9. The third kappa shape index (κ3) is 4.84. The lowest BCUT2D eigenvalue weighted by Crippen LogP contribution is -2.35. The minimum Gasteiger partial charge on any atom is -0.502 e. The van der Waals surface area contributed by atoms with Gasteiger partial charge < -0.3 is 10.4 Å². The lowest BCUT2D eigenvalue weighted by atomic mass is 10.2. The van der Waals surface area contributed by atoms with Gasteiger partial charge in [0.1, 0.15) is 5.82 Å². The van der Waals surface area contributed by atoms with E-state index in [4.69, 9.17) is 0 Å². The number of rotatable bonds is 6. The summed E-state index contributed by atoms with van der Waals surface area (Å²) >= 11 is 0. The fourth-order valence-electron chi connectivity index (χ4n) is 1.89. The highest BCUT2D eigenvalue weighted by atomic mass is 19.1. The quantitative estimate of drug-likeness (QED) is 0.406. The fraction of sp³-hybridized carbons (Fsp3) is 0.0625. The van der Waals surface area contributed by atoms with E-state index >= 15 is 0 Å². The largest absolute Gasteiger partial charge is 0.502 e. The zero-order valence-corrected chi connectivity index (χ0v) is 13.2. The number of benzene rings is 2. The molecule has 2 rings (SSSR count). The number of carbonyl (C=O) groups is 2. The maximum Gasteiger partial charge on any atom is 0.311 e. The van der Waals surface area contributed by atoms with Gasteiger partial charge in [-0.25, -0.2) is 9.82 Å². The van der Waals surface area contributed by atoms with Crippen LogP contribution in [0.2, 0.25) is 0 Å². The molecule has 2 aromatic carbocycles. The molecule has 0 unspecified atom stereocenters. The van der Waals surface area contributed by atoms with Crippen molar-refractivity contribution < 1.29 is 24.0 Å². The van der Waals surface area contributed by atoms with Gasteiger partial charge in [-0.1, -0.05) is 12.1 Å². The first-order chi connectivity index (χ1) is 12.4. The van der Waals surface area contributed by atoms with Crippen LogP contribution in [0.15, 0.2) is 47.6 Å². The Kier molecular flexibility index (Phi) is 5.93. The molecule has 0 radical (unpaired) electrons. The van der Waals surface area contributed by atoms with Crippen molar-refractivity contribution in [1.29, 1.82) is 0 Å². The molecule has 0 atom stereocenters. The Bertz CT molecular complexity index is 885. The van der Waals surface area contributed by atoms with E-state index in [-0.39, 0.29) is 11.1 Å². The summed E-state index contributed by atoms with van der Waals surface area (Å²) in [6.07, 6.45) is 1.13. The fourth-order valence-corrected chi connectivity index (χ4v) is 1.89. The Morgan fingerprint density at radius 2 is 2.00 bits per heavy atom. The summed E-state index contributed by atoms with van der Waals surface area (Å²) in [5.41, 5.74) is 1.68. The summed E-state index contributed by atoms with van der Waals surface area (Å²) in [7, 11) is 0. The molecule has 0 heterocycles. The normalized spacial score (nSPS) is 10.5. The van der Waals surface area contributed by atoms with Crippen LogP contribution in [0.1, 0.15) is 15.9 Å². The lowest BCUT2D eigenvalue weighted by Gasteiger charge is -2.05. The molecule has 3 N–H and O–H groups in total. The van der Waals surface area contributed by atoms with E-state index in [1.165, 1.54) is 24.3 Å². The van der Waals surface area contributed by atoms with E-state index in [0.717, 1.165) is 24.4 Å². The van der Waals surface area contributed by atoms with Gasteiger partial charge in [0.15, 0.2) is 5.75 Å². The number of hydrogen-bond donors (Lipinski definition) is 3. The highest BCUT2D eigenvalue weighted by Crippen LogP contribution is 2.25. The number of nitro groups is 1. The molecule has 0 aromatic heterocycles. The van der Waals surface area contributed by atoms with E-state index in [0.29, 0.717) is 0 Å². The van der Waals surface area contributed by atoms with Crippen LogP contribution >= 0.6 is 0 Å². The highest BCUT2D eigenvalue weighted by Gasteiger charge is 2.13. The molecule has 2 aromatic rings. The lowest BCUT2D eigenvalue weighted by molar-refractivity contribution is -0.385. The predicted octanol–water partition coefficient (Wildman–Crippen LogP) is 1.32. The third-order valence-corrected chi connectivity index (χ3v) is 3.13. The van der Waals surface area contributed by atoms with Crippen molar-refractivity contribution in [2.45, 2.75) is 0 Å². The average molecular weight is 360 g/mol. The number of aromatic hydroxyl groups is 1. The summed E-state index contributed by atoms with van der Waals surface area (Å²) < 4.78 is 13.4. The number of nitro benzene ring substituents is 1. The van der Waals surface area contributed by atoms with Gasteiger partial charge in [-0.05, 0) is 24.3 Å². The molecule has 134 valence electrons. The molecule has 0 bridgehead atoms. The summed E-state index contributed by atoms with van der Waals surface area (Å²) in [6.45, 7) is -0.444. The Labute approximate surface area is 146 Å². The van der Waals surface area contributed by atoms with Crippen LogP contribution in [0.4, 0.5) is 10.1 Å². The monoisotopic (exact) mass is 360 g/mol. The van der Waals surface area contributed by atoms with Gasteiger partial charge >= 0.3 is 5.69 Å². The van der Waals surface area contributed by atoms with Gasteiger partial charge in [-0.15, -0.1) is 0 Å². The van der Waals surface area contributed by atoms with Gasteiger partial charge in [0.2, 0.25) is 0 Å². The molecule has 0 fully saturated rings. The molecule has 9 nitrogen and oxygen atoms in total. The van der Waals surface area contributed by atoms with Crippen LogP contribution < -0.4 is 10.7 Å². The number of nitrogens with zero attached hydrogens (tertiary/aromatic N) is 2. The van der Waals surface area contributed by atoms with Gasteiger partial charge in [-0.2, -0.15) is 5.10 Å². The van der Waals surface area contributed by atoms with Gasteiger partial charge in [0, 0.05) is 11.6 Å². The van der Waals surface area contributed by atoms with Crippen molar-refractivity contribution >= 4 is 23.7 Å². The maximum absolute atomic E-state index is 13.4. The van der Waals surface area contributed by atoms with Crippen LogP contribution in [0.25, 0.3) is 0 Å². The minimum atomic E-state index is -0.760. The van der Waals surface area contributed by atoms with Crippen LogP contribution in [-0.4, -0.2) is 34.6 Å². The number of halogens is 1. The molecule has 10 heteroatoms. The second-order valence-electron chi connectivity index (χ2n) is 4.96. The molecule has 2 amide bonds. The van der Waals surface area contributed by atoms with Crippen LogP contribution in [0.5, 0.6) is 5.75 Å². The van der Waals surface area contributed by atoms with Gasteiger partial charge in [-0.3, -0.25) is 19.7 Å². The number of phenols is 1. The number of hydrogen-bond acceptors (Lipinski definition) is 6. The molecule has 26 heavy (non-hydrogen) atoms. The molecule has 0 aliphatic heterocycles. The third-order valence-electron chi connectivity index (χ3n) is 3.13. The Balaban J connectivity index is 1.88. The van der Waals surface area contributed by atoms with Crippen molar-refractivity contribution in [2.75, 3.05) is 6.54 Å². The minimum absolute atomic E-state index is 0.194. The first-order valence-electron chi connectivity index (χ1n) is 7.20. The van der Waals surface area contributed by atoms with Gasteiger partial charge in [0.25, 0.3) is 11.8 Å². The van der Waals surface area contributed by atoms with Crippen molar-refractivity contribution in [1.82, 2.24) is 10.7 Å². The van der Waals surface area contributed by atoms with Crippen molar-refractivity contribution in [2.24, 2.45) is 5.10 Å². The Hall–Kier alpha value is -3.82. The molecule has 0 aliphatic rings. The maximum atomic E-state index is 13.4. The van der Waals surface area contributed by atoms with Crippen molar-refractivity contribution in [3.8, 4) is 5.75 Å². The van der Waals surface area contributed by atoms with E-state index < -0.39 is 40.5 Å². The highest BCUT2D eigenvalue weighted by molar-refractivity contribution is 5.96. The summed E-state index contributed by atoms with van der Waals surface area (Å²) in [5.74, 6) is -2.64. The standard InChI is InChI=1S/C16H13FN4O5/c17-12-4-2-1-3-11(12)16(24)18-9-15(23)20-19-8-10-5-6-14(22)13(7-10)21(25)26/h1-8,22H,9H2,(H,18,24)(H,20,23)/b19-8-. The van der Waals surface area contributed by atoms with E-state index in [1.54, 1.807) is 0 Å². The first kappa shape index (κ1) is 18.5. The summed E-state index contributed by atoms with van der Waals surface area (Å²) in [6, 6.07) is 8.87. The van der Waals surface area contributed by atoms with E-state index in [2.05, 4.69) is 15.8 Å². The summed E-state index contributed by atoms with van der Waals surface area (Å²) in [4.78, 5) is 33.3. The van der Waals surface area contributed by atoms with E-state index in [1.807, 2.05) is 0 Å². The number of nitrogens with one attached hydrogen (secondary N) is 2. The molecule has 0 aliphatic carbocycles. The van der Waals surface area contributed by atoms with Crippen molar-refractivity contribution in [3.63, 3.8) is 0 Å². The van der Waals surface area contributed by atoms with Crippen LogP contribution in [0.3, 0.4) is 0 Å². The number of amides is 2. The predicted molar refractivity (Wildman–Crippen MR) is 89.2 cm³/mol.